The molecule has 5 heteroatoms. The first-order chi connectivity index (χ1) is 14.4. The van der Waals surface area contributed by atoms with Crippen LogP contribution >= 0.6 is 0 Å². The highest BCUT2D eigenvalue weighted by molar-refractivity contribution is 5.94. The highest BCUT2D eigenvalue weighted by Crippen LogP contribution is 2.49. The molecule has 1 N–H and O–H groups in total. The Balaban J connectivity index is 1.53. The second-order valence-corrected chi connectivity index (χ2v) is 8.93. The molecule has 1 aliphatic heterocycles. The van der Waals surface area contributed by atoms with Crippen molar-refractivity contribution < 1.29 is 14.3 Å². The molecule has 0 aromatic heterocycles. The van der Waals surface area contributed by atoms with Crippen LogP contribution in [-0.4, -0.2) is 51.2 Å². The molecule has 0 unspecified atom stereocenters. The molecule has 1 aliphatic carbocycles. The Hall–Kier alpha value is -2.53. The van der Waals surface area contributed by atoms with Gasteiger partial charge in [0.2, 0.25) is 0 Å². The molecule has 1 saturated heterocycles. The van der Waals surface area contributed by atoms with Gasteiger partial charge in [0.1, 0.15) is 0 Å². The van der Waals surface area contributed by atoms with Crippen molar-refractivity contribution in [3.05, 3.63) is 59.2 Å². The lowest BCUT2D eigenvalue weighted by atomic mass is 9.63. The maximum atomic E-state index is 12.7. The zero-order valence-corrected chi connectivity index (χ0v) is 18.4. The van der Waals surface area contributed by atoms with Crippen LogP contribution in [0, 0.1) is 12.8 Å². The summed E-state index contributed by atoms with van der Waals surface area (Å²) in [7, 11) is 5.56. The van der Waals surface area contributed by atoms with E-state index in [0.717, 1.165) is 55.0 Å². The first-order valence-corrected chi connectivity index (χ1v) is 10.7. The van der Waals surface area contributed by atoms with E-state index >= 15 is 0 Å². The lowest BCUT2D eigenvalue weighted by molar-refractivity contribution is 0.0904. The van der Waals surface area contributed by atoms with Crippen molar-refractivity contribution in [3.8, 4) is 11.5 Å². The number of nitrogens with zero attached hydrogens (tertiary/aromatic N) is 1. The normalized spacial score (nSPS) is 26.1. The Morgan fingerprint density at radius 1 is 1.10 bits per heavy atom. The van der Waals surface area contributed by atoms with E-state index in [2.05, 4.69) is 29.4 Å². The highest BCUT2D eigenvalue weighted by atomic mass is 16.5. The van der Waals surface area contributed by atoms with Crippen LogP contribution in [0.4, 0.5) is 0 Å². The molecule has 2 aromatic rings. The van der Waals surface area contributed by atoms with Gasteiger partial charge < -0.3 is 19.7 Å². The smallest absolute Gasteiger partial charge is 0.251 e. The number of hydrogen-bond acceptors (Lipinski definition) is 4. The number of carbonyl (C=O) groups excluding carboxylic acids is 1. The Morgan fingerprint density at radius 3 is 2.53 bits per heavy atom. The number of fused-ring (bicyclic) bond motifs is 1. The number of hydrogen-bond donors (Lipinski definition) is 1. The van der Waals surface area contributed by atoms with Crippen molar-refractivity contribution in [2.24, 2.45) is 5.92 Å². The van der Waals surface area contributed by atoms with E-state index in [1.54, 1.807) is 14.2 Å². The van der Waals surface area contributed by atoms with Crippen molar-refractivity contribution in [3.63, 3.8) is 0 Å². The maximum absolute atomic E-state index is 12.7. The molecular weight excluding hydrogens is 376 g/mol. The molecule has 0 spiro atoms. The monoisotopic (exact) mass is 408 g/mol. The summed E-state index contributed by atoms with van der Waals surface area (Å²) < 4.78 is 11.0. The number of likely N-dealkylation sites (N-methyl/N-ethyl adjacent to an activating group) is 1. The number of nitrogens with one attached hydrogen (secondary N) is 1. The van der Waals surface area contributed by atoms with Gasteiger partial charge in [0.25, 0.3) is 5.91 Å². The third-order valence-electron chi connectivity index (χ3n) is 6.98. The number of amides is 1. The number of benzene rings is 2. The lowest BCUT2D eigenvalue weighted by Gasteiger charge is -2.43. The molecular formula is C25H32N2O3. The second-order valence-electron chi connectivity index (χ2n) is 8.93. The lowest BCUT2D eigenvalue weighted by Crippen LogP contribution is -2.47. The highest BCUT2D eigenvalue weighted by Gasteiger charge is 2.50. The van der Waals surface area contributed by atoms with Gasteiger partial charge in [-0.05, 0) is 69.0 Å². The summed E-state index contributed by atoms with van der Waals surface area (Å²) in [5.74, 6) is 2.08. The quantitative estimate of drug-likeness (QED) is 0.818. The van der Waals surface area contributed by atoms with Crippen LogP contribution in [-0.2, 0) is 5.41 Å². The molecule has 5 nitrogen and oxygen atoms in total. The third-order valence-corrected chi connectivity index (χ3v) is 6.98. The Bertz CT molecular complexity index is 911. The number of ether oxygens (including phenoxy) is 2. The molecule has 0 bridgehead atoms. The van der Waals surface area contributed by atoms with Crippen LogP contribution in [0.5, 0.6) is 11.5 Å². The molecule has 4 rings (SSSR count). The number of likely N-dealkylation sites (tertiary alicyclic amines) is 1. The van der Waals surface area contributed by atoms with Crippen molar-refractivity contribution in [1.29, 1.82) is 0 Å². The van der Waals surface area contributed by atoms with Crippen LogP contribution in [0.25, 0.3) is 0 Å². The minimum absolute atomic E-state index is 0.0324. The van der Waals surface area contributed by atoms with Gasteiger partial charge in [-0.1, -0.05) is 23.8 Å². The second kappa shape index (κ2) is 8.31. The molecule has 30 heavy (non-hydrogen) atoms. The summed E-state index contributed by atoms with van der Waals surface area (Å²) in [6, 6.07) is 14.4. The van der Waals surface area contributed by atoms with Gasteiger partial charge in [0.15, 0.2) is 11.5 Å². The standard InChI is InChI=1S/C25H32N2O3/c1-17-5-7-18(8-6-17)24(28)26-21-11-12-25(16-27(2)15-20(25)13-21)19-9-10-22(29-3)23(14-19)30-4/h5-10,14,20-21H,11-13,15-16H2,1-4H3,(H,26,28)/t20-,21-,25+/m1/s1. The minimum Gasteiger partial charge on any atom is -0.493 e. The van der Waals surface area contributed by atoms with E-state index in [9.17, 15) is 4.79 Å². The fourth-order valence-corrected chi connectivity index (χ4v) is 5.42. The van der Waals surface area contributed by atoms with Gasteiger partial charge in [-0.2, -0.15) is 0 Å². The fourth-order valence-electron chi connectivity index (χ4n) is 5.42. The Morgan fingerprint density at radius 2 is 1.83 bits per heavy atom. The van der Waals surface area contributed by atoms with Crippen LogP contribution < -0.4 is 14.8 Å². The first-order valence-electron chi connectivity index (χ1n) is 10.7. The van der Waals surface area contributed by atoms with Crippen molar-refractivity contribution in [2.75, 3.05) is 34.4 Å². The number of carbonyl (C=O) groups is 1. The van der Waals surface area contributed by atoms with Crippen molar-refractivity contribution >= 4 is 5.91 Å². The number of methoxy groups -OCH3 is 2. The Labute approximate surface area is 179 Å². The number of aryl methyl sites for hydroxylation is 1. The zero-order chi connectivity index (χ0) is 21.3. The molecule has 1 amide bonds. The van der Waals surface area contributed by atoms with E-state index < -0.39 is 0 Å². The van der Waals surface area contributed by atoms with E-state index in [0.29, 0.717) is 5.92 Å². The molecule has 160 valence electrons. The van der Waals surface area contributed by atoms with Gasteiger partial charge in [-0.25, -0.2) is 0 Å². The first kappa shape index (κ1) is 20.7. The van der Waals surface area contributed by atoms with E-state index in [1.807, 2.05) is 37.3 Å². The predicted octanol–water partition coefficient (Wildman–Crippen LogP) is 3.79. The largest absolute Gasteiger partial charge is 0.493 e. The summed E-state index contributed by atoms with van der Waals surface area (Å²) in [6.45, 7) is 4.12. The minimum atomic E-state index is 0.0324. The summed E-state index contributed by atoms with van der Waals surface area (Å²) in [5, 5.41) is 3.29. The van der Waals surface area contributed by atoms with Gasteiger partial charge in [-0.3, -0.25) is 4.79 Å². The van der Waals surface area contributed by atoms with Crippen LogP contribution in [0.1, 0.15) is 40.7 Å². The van der Waals surface area contributed by atoms with E-state index in [4.69, 9.17) is 9.47 Å². The average Bonchev–Trinajstić information content (AvgIpc) is 3.09. The summed E-state index contributed by atoms with van der Waals surface area (Å²) in [5.41, 5.74) is 3.32. The van der Waals surface area contributed by atoms with E-state index in [-0.39, 0.29) is 17.4 Å². The topological polar surface area (TPSA) is 50.8 Å². The van der Waals surface area contributed by atoms with Gasteiger partial charge >= 0.3 is 0 Å². The van der Waals surface area contributed by atoms with Crippen LogP contribution in [0.2, 0.25) is 0 Å². The summed E-state index contributed by atoms with van der Waals surface area (Å²) in [6.07, 6.45) is 3.03. The van der Waals surface area contributed by atoms with Gasteiger partial charge in [-0.15, -0.1) is 0 Å². The molecule has 2 fully saturated rings. The molecule has 1 saturated carbocycles. The molecule has 2 aromatic carbocycles. The van der Waals surface area contributed by atoms with Crippen molar-refractivity contribution in [2.45, 2.75) is 37.6 Å². The third kappa shape index (κ3) is 3.79. The zero-order valence-electron chi connectivity index (χ0n) is 18.4. The van der Waals surface area contributed by atoms with Crippen LogP contribution in [0.3, 0.4) is 0 Å². The molecule has 1 heterocycles. The summed E-state index contributed by atoms with van der Waals surface area (Å²) in [4.78, 5) is 15.2. The van der Waals surface area contributed by atoms with Crippen molar-refractivity contribution in [1.82, 2.24) is 10.2 Å². The SMILES string of the molecule is COc1ccc([C@@]23CC[C@@H](NC(=O)c4ccc(C)cc4)C[C@@H]2CN(C)C3)cc1OC. The van der Waals surface area contributed by atoms with Gasteiger partial charge in [0, 0.05) is 30.1 Å². The summed E-state index contributed by atoms with van der Waals surface area (Å²) >= 11 is 0. The average molecular weight is 409 g/mol. The molecule has 3 atom stereocenters. The number of rotatable bonds is 5. The van der Waals surface area contributed by atoms with Gasteiger partial charge in [0.05, 0.1) is 14.2 Å². The Kier molecular flexibility index (Phi) is 5.74. The molecule has 0 radical (unpaired) electrons. The van der Waals surface area contributed by atoms with E-state index in [1.165, 1.54) is 5.56 Å². The van der Waals surface area contributed by atoms with Crippen LogP contribution in [0.15, 0.2) is 42.5 Å². The fraction of sp³-hybridized carbons (Fsp3) is 0.480. The molecule has 2 aliphatic rings. The maximum Gasteiger partial charge on any atom is 0.251 e. The predicted molar refractivity (Wildman–Crippen MR) is 118 cm³/mol.